The SMILES string of the molecule is NS(=O)(=O)c1ccc(OCCOC(=O)c2csc(S(N)(=O)=O)c2)cc1. The summed E-state index contributed by atoms with van der Waals surface area (Å²) in [5.41, 5.74) is 0.0755. The summed E-state index contributed by atoms with van der Waals surface area (Å²) in [5, 5.41) is 11.3. The zero-order chi connectivity index (χ0) is 18.7. The second kappa shape index (κ2) is 7.49. The van der Waals surface area contributed by atoms with Gasteiger partial charge in [-0.3, -0.25) is 0 Å². The van der Waals surface area contributed by atoms with Crippen molar-refractivity contribution in [3.63, 3.8) is 0 Å². The van der Waals surface area contributed by atoms with Crippen LogP contribution in [0.2, 0.25) is 0 Å². The quantitative estimate of drug-likeness (QED) is 0.494. The Morgan fingerprint density at radius 1 is 1.00 bits per heavy atom. The molecule has 0 aliphatic heterocycles. The van der Waals surface area contributed by atoms with Crippen LogP contribution in [0.4, 0.5) is 0 Å². The molecule has 9 nitrogen and oxygen atoms in total. The van der Waals surface area contributed by atoms with Gasteiger partial charge >= 0.3 is 5.97 Å². The van der Waals surface area contributed by atoms with Crippen LogP contribution in [-0.2, 0) is 24.8 Å². The van der Waals surface area contributed by atoms with Gasteiger partial charge in [0.1, 0.15) is 23.2 Å². The maximum atomic E-state index is 11.8. The minimum absolute atomic E-state index is 0.0205. The molecule has 0 radical (unpaired) electrons. The van der Waals surface area contributed by atoms with E-state index in [9.17, 15) is 21.6 Å². The van der Waals surface area contributed by atoms with E-state index in [4.69, 9.17) is 19.8 Å². The molecule has 0 atom stereocenters. The number of hydrogen-bond acceptors (Lipinski definition) is 8. The maximum Gasteiger partial charge on any atom is 0.339 e. The van der Waals surface area contributed by atoms with Gasteiger partial charge in [-0.2, -0.15) is 0 Å². The highest BCUT2D eigenvalue weighted by atomic mass is 32.2. The molecule has 0 amide bonds. The van der Waals surface area contributed by atoms with E-state index in [0.717, 1.165) is 17.4 Å². The molecule has 12 heteroatoms. The number of primary sulfonamides is 2. The number of carbonyl (C=O) groups excluding carboxylic acids is 1. The third-order valence-electron chi connectivity index (χ3n) is 2.83. The normalized spacial score (nSPS) is 11.9. The Morgan fingerprint density at radius 2 is 1.64 bits per heavy atom. The van der Waals surface area contributed by atoms with E-state index < -0.39 is 26.0 Å². The first-order chi connectivity index (χ1) is 11.6. The molecule has 0 unspecified atom stereocenters. The van der Waals surface area contributed by atoms with Crippen molar-refractivity contribution in [2.24, 2.45) is 10.3 Å². The molecule has 1 heterocycles. The molecule has 0 saturated heterocycles. The van der Waals surface area contributed by atoms with Crippen molar-refractivity contribution in [2.45, 2.75) is 9.10 Å². The second-order valence-electron chi connectivity index (χ2n) is 4.70. The fourth-order valence-electron chi connectivity index (χ4n) is 1.68. The Labute approximate surface area is 148 Å². The lowest BCUT2D eigenvalue weighted by Crippen LogP contribution is -2.13. The first kappa shape index (κ1) is 19.3. The molecule has 2 rings (SSSR count). The molecule has 0 spiro atoms. The molecule has 1 aromatic heterocycles. The van der Waals surface area contributed by atoms with Gasteiger partial charge in [0.05, 0.1) is 10.5 Å². The van der Waals surface area contributed by atoms with E-state index in [1.54, 1.807) is 0 Å². The molecular formula is C13H14N2O7S3. The number of thiophene rings is 1. The van der Waals surface area contributed by atoms with Gasteiger partial charge in [-0.15, -0.1) is 11.3 Å². The molecule has 2 aromatic rings. The summed E-state index contributed by atoms with van der Waals surface area (Å²) in [7, 11) is -7.63. The average molecular weight is 406 g/mol. The molecule has 0 fully saturated rings. The number of ether oxygens (including phenoxy) is 2. The topological polar surface area (TPSA) is 156 Å². The summed E-state index contributed by atoms with van der Waals surface area (Å²) in [4.78, 5) is 11.7. The largest absolute Gasteiger partial charge is 0.490 e. The van der Waals surface area contributed by atoms with Crippen LogP contribution in [0.5, 0.6) is 5.75 Å². The van der Waals surface area contributed by atoms with Crippen LogP contribution in [0.1, 0.15) is 10.4 Å². The number of carbonyl (C=O) groups is 1. The van der Waals surface area contributed by atoms with E-state index in [1.807, 2.05) is 0 Å². The Bertz CT molecular complexity index is 963. The first-order valence-corrected chi connectivity index (χ1v) is 10.6. The second-order valence-corrected chi connectivity index (χ2v) is 8.96. The van der Waals surface area contributed by atoms with Gasteiger partial charge in [0, 0.05) is 5.38 Å². The highest BCUT2D eigenvalue weighted by Crippen LogP contribution is 2.19. The van der Waals surface area contributed by atoms with Crippen molar-refractivity contribution in [1.82, 2.24) is 0 Å². The average Bonchev–Trinajstić information content (AvgIpc) is 3.01. The van der Waals surface area contributed by atoms with E-state index in [0.29, 0.717) is 5.75 Å². The highest BCUT2D eigenvalue weighted by Gasteiger charge is 2.16. The minimum atomic E-state index is -3.86. The Morgan fingerprint density at radius 3 is 2.16 bits per heavy atom. The summed E-state index contributed by atoms with van der Waals surface area (Å²) in [6.45, 7) is -0.0665. The van der Waals surface area contributed by atoms with Crippen LogP contribution < -0.4 is 15.0 Å². The third-order valence-corrected chi connectivity index (χ3v) is 6.14. The van der Waals surface area contributed by atoms with Crippen LogP contribution in [-0.4, -0.2) is 36.0 Å². The number of rotatable bonds is 7. The van der Waals surface area contributed by atoms with Gasteiger partial charge in [0.15, 0.2) is 0 Å². The summed E-state index contributed by atoms with van der Waals surface area (Å²) < 4.78 is 54.6. The van der Waals surface area contributed by atoms with Crippen LogP contribution >= 0.6 is 11.3 Å². The Kier molecular flexibility index (Phi) is 5.80. The minimum Gasteiger partial charge on any atom is -0.490 e. The molecule has 0 aliphatic rings. The smallest absolute Gasteiger partial charge is 0.339 e. The molecule has 4 N–H and O–H groups in total. The van der Waals surface area contributed by atoms with E-state index in [2.05, 4.69) is 0 Å². The van der Waals surface area contributed by atoms with Gasteiger partial charge in [-0.05, 0) is 30.3 Å². The zero-order valence-electron chi connectivity index (χ0n) is 12.6. The predicted molar refractivity (Wildman–Crippen MR) is 89.3 cm³/mol. The van der Waals surface area contributed by atoms with E-state index in [1.165, 1.54) is 29.6 Å². The summed E-state index contributed by atoms with van der Waals surface area (Å²) in [6.07, 6.45) is 0. The van der Waals surface area contributed by atoms with Crippen molar-refractivity contribution in [3.05, 3.63) is 41.3 Å². The van der Waals surface area contributed by atoms with Gasteiger partial charge in [0.2, 0.25) is 20.0 Å². The van der Waals surface area contributed by atoms with Crippen LogP contribution in [0.15, 0.2) is 44.8 Å². The lowest BCUT2D eigenvalue weighted by atomic mass is 10.3. The number of esters is 1. The molecular weight excluding hydrogens is 392 g/mol. The summed E-state index contributed by atoms with van der Waals surface area (Å²) >= 11 is 0.820. The van der Waals surface area contributed by atoms with E-state index >= 15 is 0 Å². The highest BCUT2D eigenvalue weighted by molar-refractivity contribution is 7.91. The van der Waals surface area contributed by atoms with Crippen molar-refractivity contribution in [3.8, 4) is 5.75 Å². The van der Waals surface area contributed by atoms with Crippen LogP contribution in [0, 0.1) is 0 Å². The number of hydrogen-bond donors (Lipinski definition) is 2. The van der Waals surface area contributed by atoms with Gasteiger partial charge in [0.25, 0.3) is 0 Å². The molecule has 136 valence electrons. The van der Waals surface area contributed by atoms with Crippen molar-refractivity contribution in [1.29, 1.82) is 0 Å². The molecule has 0 aliphatic carbocycles. The lowest BCUT2D eigenvalue weighted by Gasteiger charge is -2.07. The van der Waals surface area contributed by atoms with Gasteiger partial charge in [-0.25, -0.2) is 31.9 Å². The molecule has 25 heavy (non-hydrogen) atoms. The summed E-state index contributed by atoms with van der Waals surface area (Å²) in [6, 6.07) is 6.54. The Hall–Kier alpha value is -1.99. The fourth-order valence-corrected chi connectivity index (χ4v) is 3.77. The van der Waals surface area contributed by atoms with Crippen molar-refractivity contribution < 1.29 is 31.1 Å². The molecule has 0 bridgehead atoms. The van der Waals surface area contributed by atoms with Crippen LogP contribution in [0.25, 0.3) is 0 Å². The summed E-state index contributed by atoms with van der Waals surface area (Å²) in [5.74, 6) is -0.338. The van der Waals surface area contributed by atoms with Crippen LogP contribution in [0.3, 0.4) is 0 Å². The van der Waals surface area contributed by atoms with Crippen molar-refractivity contribution >= 4 is 37.4 Å². The fraction of sp³-hybridized carbons (Fsp3) is 0.154. The standard InChI is InChI=1S/C13H14N2O7S3/c14-24(17,18)11-3-1-10(2-4-11)21-5-6-22-13(16)9-7-12(23-8-9)25(15,19)20/h1-4,7-8H,5-6H2,(H2,14,17,18)(H2,15,19,20). The van der Waals surface area contributed by atoms with Crippen molar-refractivity contribution in [2.75, 3.05) is 13.2 Å². The number of sulfonamides is 2. The maximum absolute atomic E-state index is 11.8. The number of benzene rings is 1. The van der Waals surface area contributed by atoms with E-state index in [-0.39, 0.29) is 27.9 Å². The lowest BCUT2D eigenvalue weighted by molar-refractivity contribution is 0.0451. The predicted octanol–water partition coefficient (Wildman–Crippen LogP) is 0.279. The Balaban J connectivity index is 1.83. The van der Waals surface area contributed by atoms with Gasteiger partial charge < -0.3 is 9.47 Å². The first-order valence-electron chi connectivity index (χ1n) is 6.61. The monoisotopic (exact) mass is 406 g/mol. The molecule has 1 aromatic carbocycles. The zero-order valence-corrected chi connectivity index (χ0v) is 15.1. The third kappa shape index (κ3) is 5.51. The van der Waals surface area contributed by atoms with Gasteiger partial charge in [-0.1, -0.05) is 0 Å². The number of nitrogens with two attached hydrogens (primary N) is 2. The molecule has 0 saturated carbocycles.